The first-order chi connectivity index (χ1) is 8.49. The maximum atomic E-state index is 12.7. The molecule has 5 heteroatoms. The van der Waals surface area contributed by atoms with E-state index in [9.17, 15) is 13.2 Å². The van der Waals surface area contributed by atoms with Gasteiger partial charge >= 0.3 is 6.18 Å². The van der Waals surface area contributed by atoms with Gasteiger partial charge in [-0.2, -0.15) is 18.4 Å². The Balaban J connectivity index is 2.81. The minimum Gasteiger partial charge on any atom is -0.192 e. The minimum atomic E-state index is -4.47. The number of hydrogen-bond donors (Lipinski definition) is 0. The van der Waals surface area contributed by atoms with Gasteiger partial charge in [-0.3, -0.25) is 0 Å². The molecule has 98 valence electrons. The van der Waals surface area contributed by atoms with Crippen LogP contribution in [0.4, 0.5) is 13.2 Å². The van der Waals surface area contributed by atoms with Crippen LogP contribution in [0.25, 0.3) is 0 Å². The SMILES string of the molecule is CCCCCSc1ccc(C#N)c(C(F)(F)F)c1. The molecule has 0 saturated carbocycles. The lowest BCUT2D eigenvalue weighted by molar-refractivity contribution is -0.137. The van der Waals surface area contributed by atoms with E-state index in [4.69, 9.17) is 5.26 Å². The smallest absolute Gasteiger partial charge is 0.192 e. The van der Waals surface area contributed by atoms with Crippen LogP contribution >= 0.6 is 11.8 Å². The molecule has 0 fully saturated rings. The molecule has 1 aromatic carbocycles. The van der Waals surface area contributed by atoms with Crippen molar-refractivity contribution in [2.75, 3.05) is 5.75 Å². The standard InChI is InChI=1S/C13H14F3NS/c1-2-3-4-7-18-11-6-5-10(9-17)12(8-11)13(14,15)16/h5-6,8H,2-4,7H2,1H3. The van der Waals surface area contributed by atoms with E-state index in [1.165, 1.54) is 17.8 Å². The molecule has 0 amide bonds. The maximum absolute atomic E-state index is 12.7. The summed E-state index contributed by atoms with van der Waals surface area (Å²) in [6.45, 7) is 2.08. The second-order valence-electron chi connectivity index (χ2n) is 3.87. The lowest BCUT2D eigenvalue weighted by atomic mass is 10.1. The molecule has 0 unspecified atom stereocenters. The Morgan fingerprint density at radius 1 is 1.28 bits per heavy atom. The quantitative estimate of drug-likeness (QED) is 0.565. The molecule has 0 aliphatic heterocycles. The molecule has 0 aromatic heterocycles. The Morgan fingerprint density at radius 3 is 2.56 bits per heavy atom. The van der Waals surface area contributed by atoms with Crippen molar-refractivity contribution in [2.24, 2.45) is 0 Å². The van der Waals surface area contributed by atoms with Crippen LogP contribution in [0.2, 0.25) is 0 Å². The van der Waals surface area contributed by atoms with Gasteiger partial charge in [0.25, 0.3) is 0 Å². The summed E-state index contributed by atoms with van der Waals surface area (Å²) in [4.78, 5) is 0.567. The Morgan fingerprint density at radius 2 is 2.00 bits per heavy atom. The third kappa shape index (κ3) is 4.26. The zero-order valence-corrected chi connectivity index (χ0v) is 10.9. The molecule has 0 atom stereocenters. The highest BCUT2D eigenvalue weighted by Crippen LogP contribution is 2.34. The zero-order valence-electron chi connectivity index (χ0n) is 10.0. The van der Waals surface area contributed by atoms with E-state index >= 15 is 0 Å². The Labute approximate surface area is 109 Å². The molecule has 0 saturated heterocycles. The van der Waals surface area contributed by atoms with Crippen molar-refractivity contribution >= 4 is 11.8 Å². The Hall–Kier alpha value is -1.15. The second kappa shape index (κ2) is 6.69. The normalized spacial score (nSPS) is 11.3. The Kier molecular flexibility index (Phi) is 5.54. The topological polar surface area (TPSA) is 23.8 Å². The average molecular weight is 273 g/mol. The van der Waals surface area contributed by atoms with Crippen LogP contribution in [0.5, 0.6) is 0 Å². The summed E-state index contributed by atoms with van der Waals surface area (Å²) in [6.07, 6.45) is -1.31. The third-order valence-corrected chi connectivity index (χ3v) is 3.51. The van der Waals surface area contributed by atoms with Crippen LogP contribution in [0.3, 0.4) is 0 Å². The number of nitrogens with zero attached hydrogens (tertiary/aromatic N) is 1. The van der Waals surface area contributed by atoms with E-state index in [0.29, 0.717) is 4.90 Å². The molecule has 1 aromatic rings. The van der Waals surface area contributed by atoms with Crippen LogP contribution in [0, 0.1) is 11.3 Å². The van der Waals surface area contributed by atoms with E-state index < -0.39 is 11.7 Å². The van der Waals surface area contributed by atoms with Gasteiger partial charge < -0.3 is 0 Å². The van der Waals surface area contributed by atoms with Crippen LogP contribution in [-0.4, -0.2) is 5.75 Å². The molecular weight excluding hydrogens is 259 g/mol. The van der Waals surface area contributed by atoms with Crippen molar-refractivity contribution in [3.05, 3.63) is 29.3 Å². The highest BCUT2D eigenvalue weighted by Gasteiger charge is 2.33. The fourth-order valence-corrected chi connectivity index (χ4v) is 2.44. The Bertz CT molecular complexity index is 435. The number of alkyl halides is 3. The van der Waals surface area contributed by atoms with Crippen molar-refractivity contribution in [2.45, 2.75) is 37.3 Å². The van der Waals surface area contributed by atoms with Gasteiger partial charge in [-0.25, -0.2) is 0 Å². The average Bonchev–Trinajstić information content (AvgIpc) is 2.33. The van der Waals surface area contributed by atoms with E-state index in [0.717, 1.165) is 31.1 Å². The van der Waals surface area contributed by atoms with Gasteiger partial charge in [0.2, 0.25) is 0 Å². The first-order valence-electron chi connectivity index (χ1n) is 5.73. The fraction of sp³-hybridized carbons (Fsp3) is 0.462. The maximum Gasteiger partial charge on any atom is 0.417 e. The van der Waals surface area contributed by atoms with Gasteiger partial charge in [0.05, 0.1) is 17.2 Å². The summed E-state index contributed by atoms with van der Waals surface area (Å²) < 4.78 is 38.1. The summed E-state index contributed by atoms with van der Waals surface area (Å²) >= 11 is 1.40. The number of unbranched alkanes of at least 4 members (excludes halogenated alkanes) is 2. The van der Waals surface area contributed by atoms with Crippen LogP contribution in [0.15, 0.2) is 23.1 Å². The molecule has 1 nitrogen and oxygen atoms in total. The van der Waals surface area contributed by atoms with Crippen molar-refractivity contribution < 1.29 is 13.2 Å². The summed E-state index contributed by atoms with van der Waals surface area (Å²) in [6, 6.07) is 5.46. The second-order valence-corrected chi connectivity index (χ2v) is 5.04. The van der Waals surface area contributed by atoms with Crippen molar-refractivity contribution in [1.29, 1.82) is 5.26 Å². The third-order valence-electron chi connectivity index (χ3n) is 2.43. The summed E-state index contributed by atoms with van der Waals surface area (Å²) in [5, 5.41) is 8.66. The minimum absolute atomic E-state index is 0.319. The van der Waals surface area contributed by atoms with Gasteiger partial charge in [-0.15, -0.1) is 11.8 Å². The number of halogens is 3. The lowest BCUT2D eigenvalue weighted by Gasteiger charge is -2.10. The predicted molar refractivity (Wildman–Crippen MR) is 66.4 cm³/mol. The van der Waals surface area contributed by atoms with E-state index in [1.807, 2.05) is 0 Å². The molecule has 0 spiro atoms. The van der Waals surface area contributed by atoms with Crippen LogP contribution in [0.1, 0.15) is 37.3 Å². The summed E-state index contributed by atoms with van der Waals surface area (Å²) in [5.41, 5.74) is -1.16. The number of hydrogen-bond acceptors (Lipinski definition) is 2. The van der Waals surface area contributed by atoms with E-state index in [1.54, 1.807) is 12.1 Å². The highest BCUT2D eigenvalue weighted by atomic mass is 32.2. The van der Waals surface area contributed by atoms with Gasteiger partial charge in [0.1, 0.15) is 0 Å². The van der Waals surface area contributed by atoms with Gasteiger partial charge in [-0.05, 0) is 30.4 Å². The van der Waals surface area contributed by atoms with E-state index in [-0.39, 0.29) is 5.56 Å². The fourth-order valence-electron chi connectivity index (χ4n) is 1.49. The number of benzene rings is 1. The van der Waals surface area contributed by atoms with Crippen molar-refractivity contribution in [3.8, 4) is 6.07 Å². The predicted octanol–water partition coefficient (Wildman–Crippen LogP) is 4.86. The van der Waals surface area contributed by atoms with Gasteiger partial charge in [0.15, 0.2) is 0 Å². The first kappa shape index (κ1) is 14.9. The molecule has 18 heavy (non-hydrogen) atoms. The molecule has 1 rings (SSSR count). The highest BCUT2D eigenvalue weighted by molar-refractivity contribution is 7.99. The summed E-state index contributed by atoms with van der Waals surface area (Å²) in [7, 11) is 0. The molecule has 0 heterocycles. The molecule has 0 aliphatic carbocycles. The largest absolute Gasteiger partial charge is 0.417 e. The molecule has 0 N–H and O–H groups in total. The van der Waals surface area contributed by atoms with Crippen molar-refractivity contribution in [3.63, 3.8) is 0 Å². The van der Waals surface area contributed by atoms with Gasteiger partial charge in [-0.1, -0.05) is 19.8 Å². The van der Waals surface area contributed by atoms with Crippen molar-refractivity contribution in [1.82, 2.24) is 0 Å². The number of rotatable bonds is 5. The molecule has 0 aliphatic rings. The summed E-state index contributed by atoms with van der Waals surface area (Å²) in [5.74, 6) is 0.803. The zero-order chi connectivity index (χ0) is 13.6. The monoisotopic (exact) mass is 273 g/mol. The molecular formula is C13H14F3NS. The van der Waals surface area contributed by atoms with Crippen LogP contribution < -0.4 is 0 Å². The first-order valence-corrected chi connectivity index (χ1v) is 6.71. The molecule has 0 bridgehead atoms. The van der Waals surface area contributed by atoms with E-state index in [2.05, 4.69) is 6.92 Å². The number of nitriles is 1. The lowest BCUT2D eigenvalue weighted by Crippen LogP contribution is -2.07. The molecule has 0 radical (unpaired) electrons. The number of thioether (sulfide) groups is 1. The van der Waals surface area contributed by atoms with Crippen LogP contribution in [-0.2, 0) is 6.18 Å². The van der Waals surface area contributed by atoms with Gasteiger partial charge in [0, 0.05) is 4.90 Å².